The molecule has 0 saturated carbocycles. The van der Waals surface area contributed by atoms with E-state index in [1.54, 1.807) is 18.3 Å². The lowest BCUT2D eigenvalue weighted by Crippen LogP contribution is -2.42. The zero-order valence-corrected chi connectivity index (χ0v) is 23.7. The van der Waals surface area contributed by atoms with Crippen molar-refractivity contribution in [3.8, 4) is 0 Å². The van der Waals surface area contributed by atoms with Crippen molar-refractivity contribution < 1.29 is 32.2 Å². The Labute approximate surface area is 232 Å². The second-order valence-electron chi connectivity index (χ2n) is 9.16. The van der Waals surface area contributed by atoms with Gasteiger partial charge >= 0.3 is 18.1 Å². The maximum Gasteiger partial charge on any atom is 0.399 e. The molecule has 0 saturated heterocycles. The summed E-state index contributed by atoms with van der Waals surface area (Å²) in [5, 5.41) is 1.38. The first-order valence-electron chi connectivity index (χ1n) is 12.4. The number of ether oxygens (including phenoxy) is 2. The van der Waals surface area contributed by atoms with Crippen LogP contribution in [0.2, 0.25) is 0 Å². The minimum Gasteiger partial charge on any atom is -0.497 e. The van der Waals surface area contributed by atoms with E-state index in [-0.39, 0.29) is 23.9 Å². The quantitative estimate of drug-likeness (QED) is 0.102. The third kappa shape index (κ3) is 9.24. The van der Waals surface area contributed by atoms with Gasteiger partial charge in [-0.05, 0) is 57.1 Å². The second kappa shape index (κ2) is 14.9. The summed E-state index contributed by atoms with van der Waals surface area (Å²) in [6.45, 7) is 4.17. The Bertz CT molecular complexity index is 1130. The van der Waals surface area contributed by atoms with E-state index in [4.69, 9.17) is 4.74 Å². The second-order valence-corrected chi connectivity index (χ2v) is 9.42. The van der Waals surface area contributed by atoms with E-state index in [1.807, 2.05) is 25.9 Å². The van der Waals surface area contributed by atoms with Gasteiger partial charge in [-0.2, -0.15) is 13.2 Å². The van der Waals surface area contributed by atoms with Crippen LogP contribution >= 0.6 is 12.6 Å². The molecule has 214 valence electrons. The van der Waals surface area contributed by atoms with Gasteiger partial charge in [-0.25, -0.2) is 9.79 Å². The maximum atomic E-state index is 14.0. The lowest BCUT2D eigenvalue weighted by molar-refractivity contribution is -0.175. The van der Waals surface area contributed by atoms with Gasteiger partial charge in [-0.3, -0.25) is 14.7 Å². The number of aliphatic imine (C=N–C) groups is 1. The van der Waals surface area contributed by atoms with Crippen molar-refractivity contribution >= 4 is 36.0 Å². The average Bonchev–Trinajstić information content (AvgIpc) is 2.89. The van der Waals surface area contributed by atoms with Crippen LogP contribution in [0.4, 0.5) is 13.2 Å². The number of amides is 1. The number of aromatic nitrogens is 1. The molecule has 0 radical (unpaired) electrons. The zero-order chi connectivity index (χ0) is 29.2. The maximum absolute atomic E-state index is 14.0. The molecule has 0 bridgehead atoms. The third-order valence-corrected chi connectivity index (χ3v) is 6.03. The fourth-order valence-corrected chi connectivity index (χ4v) is 4.06. The van der Waals surface area contributed by atoms with Crippen molar-refractivity contribution in [3.63, 3.8) is 0 Å². The van der Waals surface area contributed by atoms with Crippen LogP contribution in [0.25, 0.3) is 5.70 Å². The summed E-state index contributed by atoms with van der Waals surface area (Å²) in [6, 6.07) is 3.57. The molecule has 1 aromatic rings. The number of hydrogen-bond acceptors (Lipinski definition) is 8. The van der Waals surface area contributed by atoms with Crippen LogP contribution < -0.4 is 0 Å². The zero-order valence-electron chi connectivity index (χ0n) is 22.8. The van der Waals surface area contributed by atoms with E-state index < -0.39 is 30.4 Å². The van der Waals surface area contributed by atoms with Gasteiger partial charge in [0.25, 0.3) is 0 Å². The molecule has 1 unspecified atom stereocenters. The molecular weight excluding hydrogens is 533 g/mol. The standard InChI is InChI=1S/C27H35F3N4O4S/c1-6-7-8-13-38-24-12-11-21(14-22(24)27(28,29)30)34(25(35)26(36)37-5)18(2)32-23(17-39)19-9-10-20(31-15-19)16-33(3)4/h9-12,15,17,22,39H,6-8,13-14,16H2,1-5H3/b23-17-,32-18?. The number of alkyl halides is 3. The summed E-state index contributed by atoms with van der Waals surface area (Å²) in [4.78, 5) is 36.8. The summed E-state index contributed by atoms with van der Waals surface area (Å²) < 4.78 is 52.1. The molecule has 2 rings (SSSR count). The Kier molecular flexibility index (Phi) is 12.2. The number of thiol groups is 1. The minimum atomic E-state index is -4.64. The lowest BCUT2D eigenvalue weighted by Gasteiger charge is -2.31. The number of amidine groups is 1. The van der Waals surface area contributed by atoms with E-state index in [0.29, 0.717) is 24.2 Å². The number of allylic oxidation sites excluding steroid dienone is 4. The summed E-state index contributed by atoms with van der Waals surface area (Å²) >= 11 is 4.21. The minimum absolute atomic E-state index is 0.0454. The molecule has 1 aliphatic carbocycles. The highest BCUT2D eigenvalue weighted by atomic mass is 32.1. The highest BCUT2D eigenvalue weighted by Gasteiger charge is 2.46. The van der Waals surface area contributed by atoms with Crippen LogP contribution in [0.5, 0.6) is 0 Å². The number of carbonyl (C=O) groups is 2. The predicted octanol–water partition coefficient (Wildman–Crippen LogP) is 5.35. The fraction of sp³-hybridized carbons (Fsp3) is 0.481. The fourth-order valence-electron chi connectivity index (χ4n) is 3.86. The monoisotopic (exact) mass is 568 g/mol. The van der Waals surface area contributed by atoms with Gasteiger partial charge in [0, 0.05) is 30.4 Å². The Hall–Kier alpha value is -3.12. The van der Waals surface area contributed by atoms with Crippen molar-refractivity contribution in [2.75, 3.05) is 27.8 Å². The van der Waals surface area contributed by atoms with Gasteiger partial charge in [-0.1, -0.05) is 19.8 Å². The van der Waals surface area contributed by atoms with E-state index >= 15 is 0 Å². The molecule has 39 heavy (non-hydrogen) atoms. The van der Waals surface area contributed by atoms with Crippen LogP contribution in [-0.4, -0.2) is 66.5 Å². The van der Waals surface area contributed by atoms with Crippen molar-refractivity contribution in [3.05, 3.63) is 58.6 Å². The Morgan fingerprint density at radius 2 is 1.95 bits per heavy atom. The average molecular weight is 569 g/mol. The number of unbranched alkanes of at least 4 members (excludes halogenated alkanes) is 2. The third-order valence-electron chi connectivity index (χ3n) is 5.79. The largest absolute Gasteiger partial charge is 0.497 e. The number of halogens is 3. The van der Waals surface area contributed by atoms with Gasteiger partial charge in [0.1, 0.15) is 17.5 Å². The van der Waals surface area contributed by atoms with Gasteiger partial charge in [0.2, 0.25) is 0 Å². The summed E-state index contributed by atoms with van der Waals surface area (Å²) in [5.41, 5.74) is 1.59. The molecule has 8 nitrogen and oxygen atoms in total. The van der Waals surface area contributed by atoms with Gasteiger partial charge in [0.15, 0.2) is 0 Å². The normalized spacial score (nSPS) is 16.5. The first-order valence-corrected chi connectivity index (χ1v) is 13.0. The van der Waals surface area contributed by atoms with Gasteiger partial charge < -0.3 is 14.4 Å². The van der Waals surface area contributed by atoms with Crippen molar-refractivity contribution in [1.29, 1.82) is 0 Å². The SMILES string of the molecule is CCCCCOC1=CC=C(N(C(=O)C(=O)OC)C(C)=N/C(=C\S)c2ccc(CN(C)C)nc2)CC1C(F)(F)F. The number of pyridine rings is 1. The van der Waals surface area contributed by atoms with Crippen LogP contribution in [-0.2, 0) is 25.6 Å². The summed E-state index contributed by atoms with van der Waals surface area (Å²) in [7, 11) is 4.84. The molecule has 0 aromatic carbocycles. The molecule has 1 aliphatic rings. The molecule has 0 aliphatic heterocycles. The molecule has 12 heteroatoms. The highest BCUT2D eigenvalue weighted by Crippen LogP contribution is 2.40. The molecule has 0 N–H and O–H groups in total. The van der Waals surface area contributed by atoms with Crippen LogP contribution in [0.15, 0.2) is 52.3 Å². The van der Waals surface area contributed by atoms with Gasteiger partial charge in [-0.15, -0.1) is 12.6 Å². The molecule has 0 spiro atoms. The molecule has 1 aromatic heterocycles. The van der Waals surface area contributed by atoms with Crippen LogP contribution in [0.1, 0.15) is 50.8 Å². The molecule has 1 heterocycles. The number of carbonyl (C=O) groups excluding carboxylic acids is 2. The number of hydrogen-bond donors (Lipinski definition) is 1. The number of nitrogens with zero attached hydrogens (tertiary/aromatic N) is 4. The van der Waals surface area contributed by atoms with Crippen molar-refractivity contribution in [1.82, 2.24) is 14.8 Å². The van der Waals surface area contributed by atoms with Crippen LogP contribution in [0.3, 0.4) is 0 Å². The smallest absolute Gasteiger partial charge is 0.399 e. The lowest BCUT2D eigenvalue weighted by atomic mass is 9.94. The van der Waals surface area contributed by atoms with Crippen LogP contribution in [0, 0.1) is 5.92 Å². The predicted molar refractivity (Wildman–Crippen MR) is 146 cm³/mol. The number of esters is 1. The Morgan fingerprint density at radius 1 is 1.23 bits per heavy atom. The van der Waals surface area contributed by atoms with E-state index in [1.165, 1.54) is 24.5 Å². The molecule has 1 atom stereocenters. The van der Waals surface area contributed by atoms with Crippen molar-refractivity contribution in [2.45, 2.75) is 52.3 Å². The molecule has 1 amide bonds. The first-order chi connectivity index (χ1) is 18.4. The van der Waals surface area contributed by atoms with E-state index in [9.17, 15) is 22.8 Å². The Morgan fingerprint density at radius 3 is 2.49 bits per heavy atom. The van der Waals surface area contributed by atoms with E-state index in [2.05, 4.69) is 27.3 Å². The first kappa shape index (κ1) is 32.1. The van der Waals surface area contributed by atoms with Crippen molar-refractivity contribution in [2.24, 2.45) is 10.9 Å². The highest BCUT2D eigenvalue weighted by molar-refractivity contribution is 7.83. The number of methoxy groups -OCH3 is 1. The number of rotatable bonds is 10. The topological polar surface area (TPSA) is 84.3 Å². The molecule has 0 fully saturated rings. The molecular formula is C27H35F3N4O4S. The Balaban J connectivity index is 2.46. The summed E-state index contributed by atoms with van der Waals surface area (Å²) in [6.07, 6.45) is 1.19. The van der Waals surface area contributed by atoms with E-state index in [0.717, 1.165) is 30.5 Å². The van der Waals surface area contributed by atoms with Gasteiger partial charge in [0.05, 0.1) is 25.1 Å². The summed E-state index contributed by atoms with van der Waals surface area (Å²) in [5.74, 6) is -4.69.